The Morgan fingerprint density at radius 3 is 2.93 bits per heavy atom. The van der Waals surface area contributed by atoms with Gasteiger partial charge < -0.3 is 15.2 Å². The number of amides is 2. The number of hydrogen-bond donors (Lipinski definition) is 2. The Bertz CT molecular complexity index is 1120. The molecule has 1 aromatic carbocycles. The number of aryl methyl sites for hydroxylation is 1. The Kier molecular flexibility index (Phi) is 3.89. The maximum absolute atomic E-state index is 12.4. The van der Waals surface area contributed by atoms with Gasteiger partial charge in [-0.15, -0.1) is 0 Å². The van der Waals surface area contributed by atoms with Crippen LogP contribution in [0.1, 0.15) is 40.8 Å². The molecule has 2 aromatic heterocycles. The summed E-state index contributed by atoms with van der Waals surface area (Å²) in [4.78, 5) is 34.3. The van der Waals surface area contributed by atoms with E-state index in [0.29, 0.717) is 38.0 Å². The Balaban J connectivity index is 1.73. The molecule has 28 heavy (non-hydrogen) atoms. The minimum absolute atomic E-state index is 0.0231. The Hall–Kier alpha value is -3.22. The van der Waals surface area contributed by atoms with E-state index in [9.17, 15) is 9.59 Å². The molecular formula is C21H21N5O2. The molecule has 2 aliphatic heterocycles. The molecule has 0 saturated carbocycles. The van der Waals surface area contributed by atoms with E-state index in [1.54, 1.807) is 0 Å². The van der Waals surface area contributed by atoms with Crippen molar-refractivity contribution in [3.8, 4) is 11.1 Å². The van der Waals surface area contributed by atoms with Crippen molar-refractivity contribution in [2.24, 2.45) is 0 Å². The first-order chi connectivity index (χ1) is 13.6. The summed E-state index contributed by atoms with van der Waals surface area (Å²) >= 11 is 0. The number of benzene rings is 1. The zero-order valence-corrected chi connectivity index (χ0v) is 15.7. The van der Waals surface area contributed by atoms with Crippen LogP contribution >= 0.6 is 0 Å². The summed E-state index contributed by atoms with van der Waals surface area (Å²) in [6.07, 6.45) is 3.76. The molecule has 5 rings (SSSR count). The topological polar surface area (TPSA) is 88.9 Å². The van der Waals surface area contributed by atoms with Crippen molar-refractivity contribution in [2.75, 3.05) is 13.1 Å². The smallest absolute Gasteiger partial charge is 0.268 e. The number of carbonyl (C=O) groups is 2. The van der Waals surface area contributed by atoms with E-state index in [4.69, 9.17) is 9.97 Å². The normalized spacial score (nSPS) is 19.2. The van der Waals surface area contributed by atoms with E-state index < -0.39 is 0 Å². The first-order valence-corrected chi connectivity index (χ1v) is 9.63. The van der Waals surface area contributed by atoms with E-state index in [1.165, 1.54) is 0 Å². The van der Waals surface area contributed by atoms with Crippen LogP contribution in [0.25, 0.3) is 22.2 Å². The summed E-state index contributed by atoms with van der Waals surface area (Å²) in [5.74, 6) is -0.0610. The van der Waals surface area contributed by atoms with Gasteiger partial charge >= 0.3 is 0 Å². The van der Waals surface area contributed by atoms with E-state index in [-0.39, 0.29) is 17.9 Å². The van der Waals surface area contributed by atoms with Crippen molar-refractivity contribution >= 4 is 22.8 Å². The summed E-state index contributed by atoms with van der Waals surface area (Å²) in [5.41, 5.74) is 5.97. The molecule has 2 amide bonds. The predicted molar refractivity (Wildman–Crippen MR) is 105 cm³/mol. The van der Waals surface area contributed by atoms with Crippen molar-refractivity contribution in [3.05, 3.63) is 47.5 Å². The van der Waals surface area contributed by atoms with E-state index in [2.05, 4.69) is 10.6 Å². The second-order valence-electron chi connectivity index (χ2n) is 7.45. The summed E-state index contributed by atoms with van der Waals surface area (Å²) in [6, 6.07) is 7.94. The van der Waals surface area contributed by atoms with Gasteiger partial charge in [0.2, 0.25) is 5.91 Å². The van der Waals surface area contributed by atoms with Gasteiger partial charge in [-0.1, -0.05) is 12.1 Å². The zero-order valence-electron chi connectivity index (χ0n) is 15.7. The van der Waals surface area contributed by atoms with Crippen LogP contribution in [0, 0.1) is 6.92 Å². The molecule has 0 saturated heterocycles. The molecule has 0 spiro atoms. The lowest BCUT2D eigenvalue weighted by molar-refractivity contribution is -0.121. The molecule has 0 fully saturated rings. The fourth-order valence-corrected chi connectivity index (χ4v) is 4.13. The quantitative estimate of drug-likeness (QED) is 0.630. The lowest BCUT2D eigenvalue weighted by atomic mass is 10.1. The first-order valence-electron chi connectivity index (χ1n) is 9.63. The third-order valence-corrected chi connectivity index (χ3v) is 5.64. The highest BCUT2D eigenvalue weighted by Gasteiger charge is 2.27. The maximum atomic E-state index is 12.4. The average molecular weight is 375 g/mol. The standard InChI is InChI=1S/C21H21N5O2/c1-12-16-7-8-22-19(27)6-5-14-10-23-21(28)18-9-13(11-26(14)18)15-3-2-4-17(24-12)20(15)25-16/h2-4,9,11,14H,5-8,10H2,1H3,(H,22,27)(H,23,28). The van der Waals surface area contributed by atoms with Crippen LogP contribution in [-0.4, -0.2) is 39.4 Å². The highest BCUT2D eigenvalue weighted by Crippen LogP contribution is 2.32. The van der Waals surface area contributed by atoms with Gasteiger partial charge in [-0.05, 0) is 25.5 Å². The summed E-state index contributed by atoms with van der Waals surface area (Å²) in [5, 5.41) is 5.93. The van der Waals surface area contributed by atoms with Crippen molar-refractivity contribution in [1.29, 1.82) is 0 Å². The summed E-state index contributed by atoms with van der Waals surface area (Å²) in [7, 11) is 0. The molecule has 7 nitrogen and oxygen atoms in total. The minimum atomic E-state index is -0.0841. The van der Waals surface area contributed by atoms with Crippen LogP contribution in [0.4, 0.5) is 0 Å². The monoisotopic (exact) mass is 375 g/mol. The number of fused-ring (bicyclic) bond motifs is 3. The Morgan fingerprint density at radius 1 is 1.14 bits per heavy atom. The second-order valence-corrected chi connectivity index (χ2v) is 7.45. The predicted octanol–water partition coefficient (Wildman–Crippen LogP) is 2.14. The molecule has 142 valence electrons. The van der Waals surface area contributed by atoms with Gasteiger partial charge in [-0.2, -0.15) is 0 Å². The van der Waals surface area contributed by atoms with E-state index >= 15 is 0 Å². The number of hydrogen-bond acceptors (Lipinski definition) is 4. The maximum Gasteiger partial charge on any atom is 0.268 e. The van der Waals surface area contributed by atoms with Gasteiger partial charge in [0, 0.05) is 43.3 Å². The van der Waals surface area contributed by atoms with Gasteiger partial charge in [0.25, 0.3) is 5.91 Å². The second kappa shape index (κ2) is 6.44. The number of nitrogens with one attached hydrogen (secondary N) is 2. The highest BCUT2D eigenvalue weighted by molar-refractivity contribution is 5.98. The van der Waals surface area contributed by atoms with Crippen LogP contribution in [0.5, 0.6) is 0 Å². The molecule has 3 aromatic rings. The van der Waals surface area contributed by atoms with Crippen LogP contribution in [0.15, 0.2) is 30.5 Å². The van der Waals surface area contributed by atoms with Gasteiger partial charge in [0.1, 0.15) is 5.69 Å². The van der Waals surface area contributed by atoms with Crippen molar-refractivity contribution < 1.29 is 9.59 Å². The van der Waals surface area contributed by atoms with Gasteiger partial charge in [-0.3, -0.25) is 9.59 Å². The SMILES string of the molecule is Cc1nc2cccc3c2nc1CCNC(=O)CCC1CNC(=O)c2cc-3cn21. The lowest BCUT2D eigenvalue weighted by Gasteiger charge is -2.26. The van der Waals surface area contributed by atoms with E-state index in [1.807, 2.05) is 42.0 Å². The lowest BCUT2D eigenvalue weighted by Crippen LogP contribution is -2.39. The third kappa shape index (κ3) is 2.74. The molecule has 4 heterocycles. The van der Waals surface area contributed by atoms with Gasteiger partial charge in [-0.25, -0.2) is 9.97 Å². The Morgan fingerprint density at radius 2 is 2.04 bits per heavy atom. The number of carbonyl (C=O) groups excluding carboxylic acids is 2. The largest absolute Gasteiger partial charge is 0.356 e. The zero-order chi connectivity index (χ0) is 19.3. The van der Waals surface area contributed by atoms with Crippen molar-refractivity contribution in [1.82, 2.24) is 25.2 Å². The first kappa shape index (κ1) is 16.9. The van der Waals surface area contributed by atoms with Gasteiger partial charge in [0.15, 0.2) is 0 Å². The minimum Gasteiger partial charge on any atom is -0.356 e. The molecule has 1 atom stereocenters. The molecule has 2 N–H and O–H groups in total. The number of rotatable bonds is 0. The summed E-state index contributed by atoms with van der Waals surface area (Å²) < 4.78 is 2.01. The van der Waals surface area contributed by atoms with Crippen LogP contribution < -0.4 is 10.6 Å². The number of nitrogens with zero attached hydrogens (tertiary/aromatic N) is 3. The molecule has 4 bridgehead atoms. The fraction of sp³-hybridized carbons (Fsp3) is 0.333. The highest BCUT2D eigenvalue weighted by atomic mass is 16.2. The average Bonchev–Trinajstić information content (AvgIpc) is 3.13. The summed E-state index contributed by atoms with van der Waals surface area (Å²) in [6.45, 7) is 3.02. The molecule has 0 aliphatic carbocycles. The van der Waals surface area contributed by atoms with E-state index in [0.717, 1.165) is 33.5 Å². The van der Waals surface area contributed by atoms with Crippen LogP contribution in [0.3, 0.4) is 0 Å². The third-order valence-electron chi connectivity index (χ3n) is 5.64. The number of aromatic nitrogens is 3. The number of para-hydroxylation sites is 1. The molecule has 7 heteroatoms. The van der Waals surface area contributed by atoms with Gasteiger partial charge in [0.05, 0.1) is 28.5 Å². The van der Waals surface area contributed by atoms with Crippen LogP contribution in [0.2, 0.25) is 0 Å². The molecular weight excluding hydrogens is 354 g/mol. The van der Waals surface area contributed by atoms with Crippen molar-refractivity contribution in [3.63, 3.8) is 0 Å². The fourth-order valence-electron chi connectivity index (χ4n) is 4.13. The van der Waals surface area contributed by atoms with Crippen molar-refractivity contribution in [2.45, 2.75) is 32.2 Å². The van der Waals surface area contributed by atoms with Crippen LogP contribution in [-0.2, 0) is 11.2 Å². The molecule has 1 unspecified atom stereocenters. The molecule has 0 radical (unpaired) electrons. The Labute approximate surface area is 162 Å². The molecule has 2 aliphatic rings.